The van der Waals surface area contributed by atoms with E-state index in [9.17, 15) is 0 Å². The fourth-order valence-corrected chi connectivity index (χ4v) is 2.61. The van der Waals surface area contributed by atoms with Gasteiger partial charge in [-0.25, -0.2) is 0 Å². The van der Waals surface area contributed by atoms with Crippen molar-refractivity contribution in [3.63, 3.8) is 0 Å². The SMILES string of the molecule is CN=C(NCCc1ccco1)NCc1cccc2ccccc12.I. The molecule has 0 aliphatic rings. The summed E-state index contributed by atoms with van der Waals surface area (Å²) in [5.41, 5.74) is 1.26. The highest BCUT2D eigenvalue weighted by molar-refractivity contribution is 14.0. The lowest BCUT2D eigenvalue weighted by molar-refractivity contribution is 0.507. The molecule has 5 heteroatoms. The van der Waals surface area contributed by atoms with Gasteiger partial charge in [0.2, 0.25) is 0 Å². The molecule has 0 aliphatic heterocycles. The first kappa shape index (κ1) is 18.3. The van der Waals surface area contributed by atoms with Gasteiger partial charge >= 0.3 is 0 Å². The Hall–Kier alpha value is -2.02. The number of nitrogens with zero attached hydrogens (tertiary/aromatic N) is 1. The second kappa shape index (κ2) is 9.32. The van der Waals surface area contributed by atoms with Crippen LogP contribution >= 0.6 is 24.0 Å². The van der Waals surface area contributed by atoms with Crippen molar-refractivity contribution in [3.05, 3.63) is 72.2 Å². The van der Waals surface area contributed by atoms with E-state index in [0.717, 1.165) is 31.2 Å². The highest BCUT2D eigenvalue weighted by Crippen LogP contribution is 2.18. The van der Waals surface area contributed by atoms with Gasteiger partial charge < -0.3 is 15.1 Å². The molecule has 1 heterocycles. The molecule has 0 fully saturated rings. The van der Waals surface area contributed by atoms with Crippen LogP contribution in [-0.4, -0.2) is 19.6 Å². The zero-order valence-corrected chi connectivity index (χ0v) is 16.0. The Kier molecular flexibility index (Phi) is 7.11. The molecular weight excluding hydrogens is 413 g/mol. The zero-order valence-electron chi connectivity index (χ0n) is 13.7. The molecular formula is C19H22IN3O. The van der Waals surface area contributed by atoms with E-state index in [1.54, 1.807) is 13.3 Å². The van der Waals surface area contributed by atoms with Gasteiger partial charge in [0.05, 0.1) is 6.26 Å². The molecule has 24 heavy (non-hydrogen) atoms. The van der Waals surface area contributed by atoms with Crippen molar-refractivity contribution in [2.24, 2.45) is 4.99 Å². The van der Waals surface area contributed by atoms with Crippen molar-refractivity contribution in [2.45, 2.75) is 13.0 Å². The highest BCUT2D eigenvalue weighted by atomic mass is 127. The second-order valence-corrected chi connectivity index (χ2v) is 5.32. The number of furan rings is 1. The lowest BCUT2D eigenvalue weighted by atomic mass is 10.0. The van der Waals surface area contributed by atoms with E-state index in [2.05, 4.69) is 58.1 Å². The number of halogens is 1. The third-order valence-corrected chi connectivity index (χ3v) is 3.79. The predicted molar refractivity (Wildman–Crippen MR) is 110 cm³/mol. The first-order valence-corrected chi connectivity index (χ1v) is 7.80. The Morgan fingerprint density at radius 2 is 1.83 bits per heavy atom. The number of fused-ring (bicyclic) bond motifs is 1. The van der Waals surface area contributed by atoms with E-state index < -0.39 is 0 Å². The fourth-order valence-electron chi connectivity index (χ4n) is 2.61. The number of nitrogens with one attached hydrogen (secondary N) is 2. The number of rotatable bonds is 5. The zero-order chi connectivity index (χ0) is 15.9. The molecule has 4 nitrogen and oxygen atoms in total. The van der Waals surface area contributed by atoms with Crippen molar-refractivity contribution < 1.29 is 4.42 Å². The van der Waals surface area contributed by atoms with Crippen LogP contribution in [0.15, 0.2) is 70.3 Å². The molecule has 0 aliphatic carbocycles. The summed E-state index contributed by atoms with van der Waals surface area (Å²) in [4.78, 5) is 4.27. The van der Waals surface area contributed by atoms with E-state index >= 15 is 0 Å². The first-order valence-electron chi connectivity index (χ1n) is 7.80. The van der Waals surface area contributed by atoms with E-state index in [1.807, 2.05) is 12.1 Å². The molecule has 2 aromatic carbocycles. The maximum Gasteiger partial charge on any atom is 0.191 e. The van der Waals surface area contributed by atoms with Gasteiger partial charge in [-0.05, 0) is 28.5 Å². The molecule has 0 atom stereocenters. The van der Waals surface area contributed by atoms with Crippen molar-refractivity contribution in [2.75, 3.05) is 13.6 Å². The third kappa shape index (κ3) is 4.74. The molecule has 0 bridgehead atoms. The van der Waals surface area contributed by atoms with E-state index in [0.29, 0.717) is 0 Å². The maximum absolute atomic E-state index is 5.33. The van der Waals surface area contributed by atoms with Gasteiger partial charge in [0.1, 0.15) is 5.76 Å². The number of aliphatic imine (C=N–C) groups is 1. The molecule has 126 valence electrons. The molecule has 0 saturated heterocycles. The van der Waals surface area contributed by atoms with Crippen molar-refractivity contribution in [1.82, 2.24) is 10.6 Å². The van der Waals surface area contributed by atoms with Crippen LogP contribution in [0.1, 0.15) is 11.3 Å². The van der Waals surface area contributed by atoms with Crippen LogP contribution in [0.3, 0.4) is 0 Å². The molecule has 2 N–H and O–H groups in total. The molecule has 3 aromatic rings. The Balaban J connectivity index is 0.00000208. The summed E-state index contributed by atoms with van der Waals surface area (Å²) in [5, 5.41) is 9.20. The molecule has 0 spiro atoms. The molecule has 0 amide bonds. The first-order chi connectivity index (χ1) is 11.4. The maximum atomic E-state index is 5.33. The summed E-state index contributed by atoms with van der Waals surface area (Å²) in [5.74, 6) is 1.77. The standard InChI is InChI=1S/C19H21N3O.HI/c1-20-19(21-12-11-17-9-5-13-23-17)22-14-16-8-4-7-15-6-2-3-10-18(15)16;/h2-10,13H,11-12,14H2,1H3,(H2,20,21,22);1H. The number of hydrogen-bond donors (Lipinski definition) is 2. The average molecular weight is 435 g/mol. The van der Waals surface area contributed by atoms with Gasteiger partial charge in [0, 0.05) is 26.6 Å². The van der Waals surface area contributed by atoms with Gasteiger partial charge in [0.15, 0.2) is 5.96 Å². The van der Waals surface area contributed by atoms with Crippen LogP contribution in [0.4, 0.5) is 0 Å². The predicted octanol–water partition coefficient (Wildman–Crippen LogP) is 3.96. The van der Waals surface area contributed by atoms with E-state index in [4.69, 9.17) is 4.42 Å². The Morgan fingerprint density at radius 3 is 2.62 bits per heavy atom. The van der Waals surface area contributed by atoms with Crippen LogP contribution < -0.4 is 10.6 Å². The van der Waals surface area contributed by atoms with Gasteiger partial charge in [-0.3, -0.25) is 4.99 Å². The molecule has 0 unspecified atom stereocenters. The highest BCUT2D eigenvalue weighted by Gasteiger charge is 2.03. The molecule has 1 aromatic heterocycles. The Morgan fingerprint density at radius 1 is 1.00 bits per heavy atom. The number of guanidine groups is 1. The van der Waals surface area contributed by atoms with Gasteiger partial charge in [0.25, 0.3) is 0 Å². The molecule has 0 radical (unpaired) electrons. The Labute approximate surface area is 159 Å². The largest absolute Gasteiger partial charge is 0.469 e. The van der Waals surface area contributed by atoms with Crippen molar-refractivity contribution in [1.29, 1.82) is 0 Å². The van der Waals surface area contributed by atoms with Crippen LogP contribution in [0.25, 0.3) is 10.8 Å². The average Bonchev–Trinajstić information content (AvgIpc) is 3.11. The fraction of sp³-hybridized carbons (Fsp3) is 0.211. The van der Waals surface area contributed by atoms with Crippen LogP contribution in [0.2, 0.25) is 0 Å². The van der Waals surface area contributed by atoms with Crippen molar-refractivity contribution in [3.8, 4) is 0 Å². The van der Waals surface area contributed by atoms with Gasteiger partial charge in [-0.15, -0.1) is 24.0 Å². The number of benzene rings is 2. The summed E-state index contributed by atoms with van der Waals surface area (Å²) in [7, 11) is 1.78. The smallest absolute Gasteiger partial charge is 0.191 e. The summed E-state index contributed by atoms with van der Waals surface area (Å²) in [6.45, 7) is 1.52. The summed E-state index contributed by atoms with van der Waals surface area (Å²) >= 11 is 0. The minimum atomic E-state index is 0. The van der Waals surface area contributed by atoms with Crippen LogP contribution in [0, 0.1) is 0 Å². The minimum Gasteiger partial charge on any atom is -0.469 e. The normalized spacial score (nSPS) is 11.1. The van der Waals surface area contributed by atoms with Crippen LogP contribution in [-0.2, 0) is 13.0 Å². The summed E-state index contributed by atoms with van der Waals surface area (Å²) in [6.07, 6.45) is 2.53. The summed E-state index contributed by atoms with van der Waals surface area (Å²) in [6, 6.07) is 18.7. The lowest BCUT2D eigenvalue weighted by Gasteiger charge is -2.13. The molecule has 3 rings (SSSR count). The lowest BCUT2D eigenvalue weighted by Crippen LogP contribution is -2.37. The number of hydrogen-bond acceptors (Lipinski definition) is 2. The van der Waals surface area contributed by atoms with Gasteiger partial charge in [-0.2, -0.15) is 0 Å². The quantitative estimate of drug-likeness (QED) is 0.363. The third-order valence-electron chi connectivity index (χ3n) is 3.79. The van der Waals surface area contributed by atoms with E-state index in [-0.39, 0.29) is 24.0 Å². The Bertz CT molecular complexity index is 779. The van der Waals surface area contributed by atoms with Gasteiger partial charge in [-0.1, -0.05) is 42.5 Å². The summed E-state index contributed by atoms with van der Waals surface area (Å²) < 4.78 is 5.33. The minimum absolute atomic E-state index is 0. The van der Waals surface area contributed by atoms with Crippen LogP contribution in [0.5, 0.6) is 0 Å². The topological polar surface area (TPSA) is 49.6 Å². The second-order valence-electron chi connectivity index (χ2n) is 5.32. The molecule has 0 saturated carbocycles. The monoisotopic (exact) mass is 435 g/mol. The van der Waals surface area contributed by atoms with Crippen molar-refractivity contribution >= 4 is 40.7 Å². The van der Waals surface area contributed by atoms with E-state index in [1.165, 1.54) is 16.3 Å².